The monoisotopic (exact) mass is 315 g/mol. The second kappa shape index (κ2) is 6.07. The Labute approximate surface area is 136 Å². The molecule has 23 heavy (non-hydrogen) atoms. The molecule has 1 aliphatic carbocycles. The first-order chi connectivity index (χ1) is 11.2. The van der Waals surface area contributed by atoms with Gasteiger partial charge in [-0.25, -0.2) is 0 Å². The smallest absolute Gasteiger partial charge is 0.243 e. The van der Waals surface area contributed by atoms with E-state index in [1.807, 2.05) is 10.9 Å². The molecule has 2 fully saturated rings. The number of hydrogen-bond acceptors (Lipinski definition) is 5. The van der Waals surface area contributed by atoms with Crippen LogP contribution < -0.4 is 0 Å². The second-order valence-corrected chi connectivity index (χ2v) is 6.88. The lowest BCUT2D eigenvalue weighted by molar-refractivity contribution is 0.136. The SMILES string of the molecule is CCn1cc(C2CCN(C(C)c3nc(C4CC4)no3)CC2)cn1. The van der Waals surface area contributed by atoms with Crippen LogP contribution >= 0.6 is 0 Å². The Kier molecular flexibility index (Phi) is 3.93. The Morgan fingerprint density at radius 3 is 2.65 bits per heavy atom. The molecular formula is C17H25N5O. The van der Waals surface area contributed by atoms with Crippen molar-refractivity contribution in [2.24, 2.45) is 0 Å². The number of aromatic nitrogens is 4. The van der Waals surface area contributed by atoms with E-state index >= 15 is 0 Å². The summed E-state index contributed by atoms with van der Waals surface area (Å²) in [5.41, 5.74) is 1.38. The number of likely N-dealkylation sites (tertiary alicyclic amines) is 1. The third-order valence-corrected chi connectivity index (χ3v) is 5.28. The Bertz CT molecular complexity index is 651. The highest BCUT2D eigenvalue weighted by molar-refractivity contribution is 5.13. The van der Waals surface area contributed by atoms with Crippen LogP contribution in [0, 0.1) is 0 Å². The maximum absolute atomic E-state index is 5.49. The molecule has 6 heteroatoms. The summed E-state index contributed by atoms with van der Waals surface area (Å²) in [4.78, 5) is 7.07. The number of nitrogens with zero attached hydrogens (tertiary/aromatic N) is 5. The lowest BCUT2D eigenvalue weighted by Crippen LogP contribution is -2.35. The predicted molar refractivity (Wildman–Crippen MR) is 86.1 cm³/mol. The summed E-state index contributed by atoms with van der Waals surface area (Å²) in [6.07, 6.45) is 9.00. The fourth-order valence-electron chi connectivity index (χ4n) is 3.46. The highest BCUT2D eigenvalue weighted by atomic mass is 16.5. The molecule has 2 aromatic heterocycles. The Morgan fingerprint density at radius 2 is 2.00 bits per heavy atom. The molecule has 3 heterocycles. The normalized spacial score (nSPS) is 21.7. The van der Waals surface area contributed by atoms with Gasteiger partial charge in [-0.1, -0.05) is 5.16 Å². The van der Waals surface area contributed by atoms with E-state index in [1.165, 1.54) is 31.2 Å². The van der Waals surface area contributed by atoms with Crippen molar-refractivity contribution in [2.45, 2.75) is 64.0 Å². The number of hydrogen-bond donors (Lipinski definition) is 0. The molecule has 0 spiro atoms. The summed E-state index contributed by atoms with van der Waals surface area (Å²) in [5.74, 6) is 2.88. The van der Waals surface area contributed by atoms with Crippen molar-refractivity contribution in [3.05, 3.63) is 29.7 Å². The molecule has 0 bridgehead atoms. The minimum absolute atomic E-state index is 0.217. The van der Waals surface area contributed by atoms with E-state index in [0.717, 1.165) is 31.3 Å². The average molecular weight is 315 g/mol. The van der Waals surface area contributed by atoms with E-state index in [-0.39, 0.29) is 6.04 Å². The lowest BCUT2D eigenvalue weighted by Gasteiger charge is -2.34. The first-order valence-corrected chi connectivity index (χ1v) is 8.84. The van der Waals surface area contributed by atoms with Gasteiger partial charge in [0, 0.05) is 18.7 Å². The summed E-state index contributed by atoms with van der Waals surface area (Å²) in [5, 5.41) is 8.55. The molecular weight excluding hydrogens is 290 g/mol. The molecule has 0 radical (unpaired) electrons. The van der Waals surface area contributed by atoms with Gasteiger partial charge in [-0.3, -0.25) is 9.58 Å². The van der Waals surface area contributed by atoms with Gasteiger partial charge in [0.2, 0.25) is 5.89 Å². The zero-order valence-electron chi connectivity index (χ0n) is 14.0. The maximum atomic E-state index is 5.49. The third-order valence-electron chi connectivity index (χ3n) is 5.28. The predicted octanol–water partition coefficient (Wildman–Crippen LogP) is 3.10. The van der Waals surface area contributed by atoms with Gasteiger partial charge >= 0.3 is 0 Å². The van der Waals surface area contributed by atoms with Gasteiger partial charge in [0.05, 0.1) is 12.2 Å². The van der Waals surface area contributed by atoms with Crippen molar-refractivity contribution in [1.29, 1.82) is 0 Å². The van der Waals surface area contributed by atoms with Crippen molar-refractivity contribution in [1.82, 2.24) is 24.8 Å². The van der Waals surface area contributed by atoms with Crippen LogP contribution in [0.2, 0.25) is 0 Å². The maximum Gasteiger partial charge on any atom is 0.243 e. The molecule has 1 aliphatic heterocycles. The Morgan fingerprint density at radius 1 is 1.22 bits per heavy atom. The van der Waals surface area contributed by atoms with Crippen LogP contribution in [0.5, 0.6) is 0 Å². The summed E-state index contributed by atoms with van der Waals surface area (Å²) in [6.45, 7) is 7.39. The molecule has 6 nitrogen and oxygen atoms in total. The quantitative estimate of drug-likeness (QED) is 0.848. The average Bonchev–Trinajstić information content (AvgIpc) is 3.14. The molecule has 1 atom stereocenters. The molecule has 124 valence electrons. The molecule has 0 amide bonds. The molecule has 4 rings (SSSR count). The van der Waals surface area contributed by atoms with Crippen LogP contribution in [0.3, 0.4) is 0 Å². The van der Waals surface area contributed by atoms with Gasteiger partial charge in [-0.2, -0.15) is 10.1 Å². The molecule has 1 saturated carbocycles. The molecule has 2 aromatic rings. The second-order valence-electron chi connectivity index (χ2n) is 6.88. The van der Waals surface area contributed by atoms with Gasteiger partial charge in [0.15, 0.2) is 5.82 Å². The highest BCUT2D eigenvalue weighted by Gasteiger charge is 2.32. The van der Waals surface area contributed by atoms with Gasteiger partial charge < -0.3 is 4.52 Å². The van der Waals surface area contributed by atoms with Crippen molar-refractivity contribution < 1.29 is 4.52 Å². The fourth-order valence-corrected chi connectivity index (χ4v) is 3.46. The summed E-state index contributed by atoms with van der Waals surface area (Å²) < 4.78 is 7.51. The first-order valence-electron chi connectivity index (χ1n) is 8.84. The lowest BCUT2D eigenvalue weighted by atomic mass is 9.91. The fraction of sp³-hybridized carbons (Fsp3) is 0.706. The Balaban J connectivity index is 1.36. The number of aryl methyl sites for hydroxylation is 1. The summed E-state index contributed by atoms with van der Waals surface area (Å²) >= 11 is 0. The van der Waals surface area contributed by atoms with E-state index in [0.29, 0.717) is 11.8 Å². The van der Waals surface area contributed by atoms with E-state index in [1.54, 1.807) is 0 Å². The minimum atomic E-state index is 0.217. The van der Waals surface area contributed by atoms with Crippen LogP contribution in [0.4, 0.5) is 0 Å². The molecule has 0 N–H and O–H groups in total. The molecule has 2 aliphatic rings. The summed E-state index contributed by atoms with van der Waals surface area (Å²) in [6, 6.07) is 0.217. The van der Waals surface area contributed by atoms with E-state index in [9.17, 15) is 0 Å². The standard InChI is InChI=1S/C17H25N5O/c1-3-22-11-15(10-18-22)13-6-8-21(9-7-13)12(2)17-19-16(20-23-17)14-4-5-14/h10-14H,3-9H2,1-2H3. The van der Waals surface area contributed by atoms with Crippen molar-refractivity contribution in [3.8, 4) is 0 Å². The van der Waals surface area contributed by atoms with Gasteiger partial charge in [0.1, 0.15) is 0 Å². The minimum Gasteiger partial charge on any atom is -0.338 e. The van der Waals surface area contributed by atoms with Crippen LogP contribution in [0.1, 0.15) is 74.7 Å². The number of rotatable bonds is 5. The van der Waals surface area contributed by atoms with E-state index in [2.05, 4.69) is 40.2 Å². The Hall–Kier alpha value is -1.69. The zero-order valence-corrected chi connectivity index (χ0v) is 14.0. The van der Waals surface area contributed by atoms with Crippen molar-refractivity contribution in [2.75, 3.05) is 13.1 Å². The van der Waals surface area contributed by atoms with Gasteiger partial charge in [0.25, 0.3) is 0 Å². The van der Waals surface area contributed by atoms with Crippen molar-refractivity contribution >= 4 is 0 Å². The largest absolute Gasteiger partial charge is 0.338 e. The van der Waals surface area contributed by atoms with Crippen LogP contribution in [-0.4, -0.2) is 37.9 Å². The van der Waals surface area contributed by atoms with Crippen LogP contribution in [0.15, 0.2) is 16.9 Å². The van der Waals surface area contributed by atoms with Crippen LogP contribution in [-0.2, 0) is 6.54 Å². The molecule has 0 aromatic carbocycles. The summed E-state index contributed by atoms with van der Waals surface area (Å²) in [7, 11) is 0. The molecule has 1 saturated heterocycles. The molecule has 1 unspecified atom stereocenters. The third kappa shape index (κ3) is 3.04. The highest BCUT2D eigenvalue weighted by Crippen LogP contribution is 2.39. The van der Waals surface area contributed by atoms with Gasteiger partial charge in [-0.15, -0.1) is 0 Å². The van der Waals surface area contributed by atoms with Crippen LogP contribution in [0.25, 0.3) is 0 Å². The first kappa shape index (κ1) is 14.9. The zero-order chi connectivity index (χ0) is 15.8. The van der Waals surface area contributed by atoms with E-state index in [4.69, 9.17) is 4.52 Å². The van der Waals surface area contributed by atoms with Gasteiger partial charge in [-0.05, 0) is 64.1 Å². The number of piperidine rings is 1. The topological polar surface area (TPSA) is 60.0 Å². The van der Waals surface area contributed by atoms with Crippen molar-refractivity contribution in [3.63, 3.8) is 0 Å². The van der Waals surface area contributed by atoms with E-state index < -0.39 is 0 Å².